The molecule has 0 saturated carbocycles. The maximum atomic E-state index is 11.5. The molecule has 17 heavy (non-hydrogen) atoms. The van der Waals surface area contributed by atoms with E-state index in [4.69, 9.17) is 22.3 Å². The van der Waals surface area contributed by atoms with Gasteiger partial charge in [-0.15, -0.1) is 0 Å². The van der Waals surface area contributed by atoms with Crippen LogP contribution in [0.5, 0.6) is 0 Å². The molecule has 0 unspecified atom stereocenters. The lowest BCUT2D eigenvalue weighted by molar-refractivity contribution is 0.0957. The minimum absolute atomic E-state index is 0.0579. The van der Waals surface area contributed by atoms with E-state index < -0.39 is 9.05 Å². The third-order valence-electron chi connectivity index (χ3n) is 1.84. The fourth-order valence-electron chi connectivity index (χ4n) is 1.05. The Kier molecular flexibility index (Phi) is 4.56. The first kappa shape index (κ1) is 14.0. The summed E-state index contributed by atoms with van der Waals surface area (Å²) < 4.78 is 21.9. The number of rotatable bonds is 4. The van der Waals surface area contributed by atoms with Crippen molar-refractivity contribution in [2.45, 2.75) is 4.90 Å². The molecule has 0 radical (unpaired) electrons. The van der Waals surface area contributed by atoms with E-state index in [9.17, 15) is 13.2 Å². The summed E-state index contributed by atoms with van der Waals surface area (Å²) in [6, 6.07) is 5.24. The Hall–Kier alpha value is -1.04. The van der Waals surface area contributed by atoms with Crippen LogP contribution in [0.3, 0.4) is 0 Å². The molecule has 0 aliphatic carbocycles. The Balaban J connectivity index is 2.81. The predicted molar refractivity (Wildman–Crippen MR) is 66.8 cm³/mol. The lowest BCUT2D eigenvalue weighted by Crippen LogP contribution is -2.24. The molecule has 0 aliphatic rings. The maximum absolute atomic E-state index is 11.5. The fourth-order valence-corrected chi connectivity index (χ4v) is 1.88. The molecule has 1 amide bonds. The largest absolute Gasteiger partial charge is 0.347 e. The normalized spacial score (nSPS) is 10.9. The first-order valence-electron chi connectivity index (χ1n) is 4.47. The average molecular weight is 294 g/mol. The van der Waals surface area contributed by atoms with Crippen LogP contribution in [0, 0.1) is 0 Å². The van der Waals surface area contributed by atoms with Crippen molar-refractivity contribution < 1.29 is 13.2 Å². The highest BCUT2D eigenvalue weighted by Crippen LogP contribution is 2.15. The number of halogens is 2. The lowest BCUT2D eigenvalue weighted by atomic mass is 10.2. The molecule has 0 saturated heterocycles. The summed E-state index contributed by atoms with van der Waals surface area (Å²) in [5.41, 5.74) is 0.312. The van der Waals surface area contributed by atoms with E-state index in [1.807, 2.05) is 0 Å². The number of hydrogen-bond donors (Lipinski definition) is 1. The van der Waals surface area contributed by atoms with Crippen molar-refractivity contribution in [1.82, 2.24) is 5.32 Å². The summed E-state index contributed by atoms with van der Waals surface area (Å²) in [7, 11) is 1.37. The van der Waals surface area contributed by atoms with Crippen LogP contribution in [0.25, 0.3) is 0 Å². The van der Waals surface area contributed by atoms with Gasteiger partial charge in [-0.1, -0.05) is 18.2 Å². The van der Waals surface area contributed by atoms with Gasteiger partial charge in [-0.05, 0) is 24.3 Å². The highest BCUT2D eigenvalue weighted by Gasteiger charge is 2.11. The van der Waals surface area contributed by atoms with Crippen molar-refractivity contribution in [2.75, 3.05) is 6.54 Å². The Labute approximate surface area is 109 Å². The smallest absolute Gasteiger partial charge is 0.261 e. The van der Waals surface area contributed by atoms with Gasteiger partial charge in [0.05, 0.1) is 11.4 Å². The molecule has 1 aromatic rings. The van der Waals surface area contributed by atoms with Gasteiger partial charge in [0.1, 0.15) is 0 Å². The number of benzene rings is 1. The predicted octanol–water partition coefficient (Wildman–Crippen LogP) is 2.10. The van der Waals surface area contributed by atoms with Gasteiger partial charge in [0.25, 0.3) is 15.0 Å². The topological polar surface area (TPSA) is 63.2 Å². The number of nitrogens with one attached hydrogen (secondary N) is 1. The monoisotopic (exact) mass is 293 g/mol. The van der Waals surface area contributed by atoms with Gasteiger partial charge < -0.3 is 5.32 Å². The second kappa shape index (κ2) is 5.53. The Morgan fingerprint density at radius 3 is 2.24 bits per heavy atom. The molecule has 0 atom stereocenters. The van der Waals surface area contributed by atoms with Crippen LogP contribution in [0.1, 0.15) is 10.4 Å². The first-order valence-corrected chi connectivity index (χ1v) is 7.15. The van der Waals surface area contributed by atoms with Crippen molar-refractivity contribution >= 4 is 37.2 Å². The zero-order valence-electron chi connectivity index (χ0n) is 8.61. The van der Waals surface area contributed by atoms with Crippen LogP contribution in [0.15, 0.2) is 40.8 Å². The maximum Gasteiger partial charge on any atom is 0.261 e. The number of hydrogen-bond acceptors (Lipinski definition) is 3. The minimum atomic E-state index is -3.77. The summed E-state index contributed by atoms with van der Waals surface area (Å²) in [6.45, 7) is 3.57. The Morgan fingerprint density at radius 1 is 1.29 bits per heavy atom. The van der Waals surface area contributed by atoms with Gasteiger partial charge >= 0.3 is 0 Å². The zero-order valence-corrected chi connectivity index (χ0v) is 10.9. The summed E-state index contributed by atoms with van der Waals surface area (Å²) in [4.78, 5) is 11.5. The molecule has 0 heterocycles. The van der Waals surface area contributed by atoms with Crippen LogP contribution in [0.2, 0.25) is 0 Å². The lowest BCUT2D eigenvalue weighted by Gasteiger charge is -2.04. The first-order chi connectivity index (χ1) is 7.80. The average Bonchev–Trinajstić information content (AvgIpc) is 2.25. The molecule has 1 rings (SSSR count). The second-order valence-corrected chi connectivity index (χ2v) is 6.26. The van der Waals surface area contributed by atoms with Gasteiger partial charge in [0.2, 0.25) is 0 Å². The highest BCUT2D eigenvalue weighted by atomic mass is 35.7. The molecule has 4 nitrogen and oxygen atoms in total. The molecule has 7 heteroatoms. The third-order valence-corrected chi connectivity index (χ3v) is 3.34. The third kappa shape index (κ3) is 4.38. The van der Waals surface area contributed by atoms with Gasteiger partial charge in [0, 0.05) is 21.3 Å². The van der Waals surface area contributed by atoms with Crippen LogP contribution in [0.4, 0.5) is 0 Å². The van der Waals surface area contributed by atoms with Crippen molar-refractivity contribution in [1.29, 1.82) is 0 Å². The fraction of sp³-hybridized carbons (Fsp3) is 0.100. The highest BCUT2D eigenvalue weighted by molar-refractivity contribution is 8.13. The zero-order chi connectivity index (χ0) is 13.1. The summed E-state index contributed by atoms with van der Waals surface area (Å²) in [5.74, 6) is -0.370. The van der Waals surface area contributed by atoms with E-state index in [0.29, 0.717) is 10.6 Å². The van der Waals surface area contributed by atoms with E-state index in [2.05, 4.69) is 11.9 Å². The van der Waals surface area contributed by atoms with E-state index in [-0.39, 0.29) is 17.3 Å². The molecule has 0 spiro atoms. The van der Waals surface area contributed by atoms with E-state index in [1.165, 1.54) is 24.3 Å². The molecule has 0 fully saturated rings. The molecule has 92 valence electrons. The summed E-state index contributed by atoms with van der Waals surface area (Å²) in [6.07, 6.45) is 0. The Bertz CT molecular complexity index is 537. The van der Waals surface area contributed by atoms with E-state index in [1.54, 1.807) is 0 Å². The van der Waals surface area contributed by atoms with Crippen LogP contribution in [-0.4, -0.2) is 20.9 Å². The molecule has 1 N–H and O–H groups in total. The van der Waals surface area contributed by atoms with Crippen molar-refractivity contribution in [3.8, 4) is 0 Å². The molecular formula is C10H9Cl2NO3S. The quantitative estimate of drug-likeness (QED) is 0.865. The van der Waals surface area contributed by atoms with Crippen molar-refractivity contribution in [3.63, 3.8) is 0 Å². The van der Waals surface area contributed by atoms with E-state index in [0.717, 1.165) is 0 Å². The molecule has 1 aromatic carbocycles. The van der Waals surface area contributed by atoms with Gasteiger partial charge in [-0.2, -0.15) is 0 Å². The molecular weight excluding hydrogens is 285 g/mol. The number of carbonyl (C=O) groups is 1. The summed E-state index contributed by atoms with van der Waals surface area (Å²) >= 11 is 5.49. The molecule has 0 aromatic heterocycles. The van der Waals surface area contributed by atoms with Crippen molar-refractivity contribution in [2.24, 2.45) is 0 Å². The van der Waals surface area contributed by atoms with Gasteiger partial charge in [-0.25, -0.2) is 8.42 Å². The number of carbonyl (C=O) groups excluding carboxylic acids is 1. The second-order valence-electron chi connectivity index (χ2n) is 3.16. The van der Waals surface area contributed by atoms with Crippen molar-refractivity contribution in [3.05, 3.63) is 41.4 Å². The molecule has 0 aliphatic heterocycles. The van der Waals surface area contributed by atoms with Crippen LogP contribution < -0.4 is 5.32 Å². The standard InChI is InChI=1S/C10H9Cl2NO3S/c1-7(11)6-13-10(14)8-2-4-9(5-3-8)17(12,15)16/h2-5H,1,6H2,(H,13,14). The minimum Gasteiger partial charge on any atom is -0.347 e. The van der Waals surface area contributed by atoms with Crippen LogP contribution >= 0.6 is 22.3 Å². The molecule has 0 bridgehead atoms. The SMILES string of the molecule is C=C(Cl)CNC(=O)c1ccc(S(=O)(=O)Cl)cc1. The van der Waals surface area contributed by atoms with Crippen LogP contribution in [-0.2, 0) is 9.05 Å². The van der Waals surface area contributed by atoms with Gasteiger partial charge in [0.15, 0.2) is 0 Å². The van der Waals surface area contributed by atoms with Gasteiger partial charge in [-0.3, -0.25) is 4.79 Å². The number of amides is 1. The summed E-state index contributed by atoms with van der Waals surface area (Å²) in [5, 5.41) is 2.81. The van der Waals surface area contributed by atoms with E-state index >= 15 is 0 Å². The Morgan fingerprint density at radius 2 is 1.82 bits per heavy atom.